The Balaban J connectivity index is 1.78. The number of rotatable bonds is 5. The number of nitrogens with one attached hydrogen (secondary N) is 1. The molecule has 1 fully saturated rings. The van der Waals surface area contributed by atoms with Crippen molar-refractivity contribution in [3.05, 3.63) is 18.0 Å². The summed E-state index contributed by atoms with van der Waals surface area (Å²) < 4.78 is 4.83. The maximum atomic E-state index is 10.3. The Morgan fingerprint density at radius 3 is 2.90 bits per heavy atom. The van der Waals surface area contributed by atoms with Gasteiger partial charge in [0, 0.05) is 26.7 Å². The van der Waals surface area contributed by atoms with E-state index in [9.17, 15) is 5.11 Å². The molecule has 1 aromatic rings. The summed E-state index contributed by atoms with van der Waals surface area (Å²) in [4.78, 5) is 6.21. The van der Waals surface area contributed by atoms with Crippen LogP contribution in [0.1, 0.15) is 37.8 Å². The molecule has 0 amide bonds. The summed E-state index contributed by atoms with van der Waals surface area (Å²) in [7, 11) is 3.69. The lowest BCUT2D eigenvalue weighted by molar-refractivity contribution is 0.0874. The van der Waals surface area contributed by atoms with Crippen molar-refractivity contribution in [1.29, 1.82) is 0 Å². The summed E-state index contributed by atoms with van der Waals surface area (Å²) in [5, 5.41) is 17.4. The molecule has 2 rings (SSSR count). The van der Waals surface area contributed by atoms with Crippen LogP contribution >= 0.6 is 0 Å². The highest BCUT2D eigenvalue weighted by molar-refractivity contribution is 5.79. The highest BCUT2D eigenvalue weighted by Crippen LogP contribution is 2.26. The predicted octanol–water partition coefficient (Wildman–Crippen LogP) is 1.62. The van der Waals surface area contributed by atoms with E-state index in [2.05, 4.69) is 15.5 Å². The Morgan fingerprint density at radius 1 is 1.52 bits per heavy atom. The van der Waals surface area contributed by atoms with Crippen molar-refractivity contribution in [2.24, 2.45) is 10.9 Å². The molecule has 118 valence electrons. The number of aliphatic hydroxyl groups is 1. The number of nitrogens with zero attached hydrogens (tertiary/aromatic N) is 3. The summed E-state index contributed by atoms with van der Waals surface area (Å²) in [6, 6.07) is 1.83. The number of aromatic nitrogens is 1. The first-order valence-corrected chi connectivity index (χ1v) is 7.70. The number of aliphatic imine (C=N–C) groups is 1. The lowest BCUT2D eigenvalue weighted by Crippen LogP contribution is -2.43. The first-order chi connectivity index (χ1) is 10.2. The molecule has 6 heteroatoms. The minimum atomic E-state index is -0.303. The fourth-order valence-corrected chi connectivity index (χ4v) is 2.90. The normalized spacial score (nSPS) is 18.5. The average molecular weight is 294 g/mol. The zero-order valence-electron chi connectivity index (χ0n) is 13.0. The number of hydrogen-bond acceptors (Lipinski definition) is 4. The van der Waals surface area contributed by atoms with Gasteiger partial charge in [-0.3, -0.25) is 4.99 Å². The summed E-state index contributed by atoms with van der Waals surface area (Å²) >= 11 is 0. The summed E-state index contributed by atoms with van der Waals surface area (Å²) in [5.74, 6) is 1.18. The lowest BCUT2D eigenvalue weighted by atomic mass is 9.85. The molecular weight excluding hydrogens is 268 g/mol. The molecule has 0 bridgehead atoms. The van der Waals surface area contributed by atoms with Crippen molar-refractivity contribution in [2.45, 2.75) is 44.8 Å². The Morgan fingerprint density at radius 2 is 2.29 bits per heavy atom. The second kappa shape index (κ2) is 8.02. The van der Waals surface area contributed by atoms with Gasteiger partial charge in [-0.15, -0.1) is 0 Å². The maximum absolute atomic E-state index is 10.3. The fourth-order valence-electron chi connectivity index (χ4n) is 2.90. The van der Waals surface area contributed by atoms with Crippen LogP contribution in [0.25, 0.3) is 0 Å². The Hall–Kier alpha value is -1.56. The van der Waals surface area contributed by atoms with E-state index in [-0.39, 0.29) is 6.10 Å². The highest BCUT2D eigenvalue weighted by atomic mass is 16.5. The second-order valence-corrected chi connectivity index (χ2v) is 5.74. The standard InChI is InChI=1S/C15H26N4O2/c1-16-15(19(2)11-13-8-9-21-18-13)17-10-14(20)12-6-4-3-5-7-12/h8-9,12,14,20H,3-7,10-11H2,1-2H3,(H,16,17). The molecule has 1 saturated carbocycles. The molecule has 0 saturated heterocycles. The van der Waals surface area contributed by atoms with Crippen LogP contribution in [0.15, 0.2) is 21.8 Å². The van der Waals surface area contributed by atoms with E-state index in [1.807, 2.05) is 18.0 Å². The van der Waals surface area contributed by atoms with Crippen LogP contribution in [0.5, 0.6) is 0 Å². The molecule has 1 aliphatic rings. The van der Waals surface area contributed by atoms with Crippen molar-refractivity contribution in [3.8, 4) is 0 Å². The van der Waals surface area contributed by atoms with Gasteiger partial charge in [0.1, 0.15) is 12.0 Å². The molecule has 2 N–H and O–H groups in total. The first kappa shape index (κ1) is 15.8. The summed E-state index contributed by atoms with van der Waals surface area (Å²) in [6.45, 7) is 1.16. The Bertz CT molecular complexity index is 427. The third-order valence-electron chi connectivity index (χ3n) is 4.13. The van der Waals surface area contributed by atoms with Gasteiger partial charge in [-0.05, 0) is 18.8 Å². The Kier molecular flexibility index (Phi) is 6.04. The molecule has 0 aromatic carbocycles. The molecular formula is C15H26N4O2. The van der Waals surface area contributed by atoms with Crippen molar-refractivity contribution in [3.63, 3.8) is 0 Å². The van der Waals surface area contributed by atoms with E-state index in [0.717, 1.165) is 24.5 Å². The molecule has 1 unspecified atom stereocenters. The molecule has 1 aromatic heterocycles. The van der Waals surface area contributed by atoms with Crippen molar-refractivity contribution in [1.82, 2.24) is 15.4 Å². The molecule has 0 spiro atoms. The van der Waals surface area contributed by atoms with E-state index < -0.39 is 0 Å². The van der Waals surface area contributed by atoms with Crippen LogP contribution in [0.3, 0.4) is 0 Å². The van der Waals surface area contributed by atoms with E-state index >= 15 is 0 Å². The van der Waals surface area contributed by atoms with Gasteiger partial charge in [-0.2, -0.15) is 0 Å². The minimum Gasteiger partial charge on any atom is -0.391 e. The van der Waals surface area contributed by atoms with Gasteiger partial charge in [-0.1, -0.05) is 24.4 Å². The highest BCUT2D eigenvalue weighted by Gasteiger charge is 2.22. The van der Waals surface area contributed by atoms with Crippen LogP contribution in [0.2, 0.25) is 0 Å². The molecule has 1 heterocycles. The fraction of sp³-hybridized carbons (Fsp3) is 0.733. The third-order valence-corrected chi connectivity index (χ3v) is 4.13. The quantitative estimate of drug-likeness (QED) is 0.638. The van der Waals surface area contributed by atoms with Crippen LogP contribution < -0.4 is 5.32 Å². The average Bonchev–Trinajstić information content (AvgIpc) is 3.01. The van der Waals surface area contributed by atoms with Crippen LogP contribution in [0.4, 0.5) is 0 Å². The molecule has 21 heavy (non-hydrogen) atoms. The van der Waals surface area contributed by atoms with Crippen molar-refractivity contribution in [2.75, 3.05) is 20.6 Å². The number of guanidine groups is 1. The van der Waals surface area contributed by atoms with Gasteiger partial charge >= 0.3 is 0 Å². The van der Waals surface area contributed by atoms with Gasteiger partial charge in [0.2, 0.25) is 0 Å². The van der Waals surface area contributed by atoms with Gasteiger partial charge in [0.05, 0.1) is 12.6 Å². The SMILES string of the molecule is CN=C(NCC(O)C1CCCCC1)N(C)Cc1ccon1. The van der Waals surface area contributed by atoms with Crippen molar-refractivity contribution < 1.29 is 9.63 Å². The number of hydrogen-bond donors (Lipinski definition) is 2. The monoisotopic (exact) mass is 294 g/mol. The topological polar surface area (TPSA) is 73.9 Å². The molecule has 0 aliphatic heterocycles. The largest absolute Gasteiger partial charge is 0.391 e. The van der Waals surface area contributed by atoms with Gasteiger partial charge in [0.25, 0.3) is 0 Å². The van der Waals surface area contributed by atoms with Gasteiger partial charge in [0.15, 0.2) is 5.96 Å². The molecule has 1 aliphatic carbocycles. The van der Waals surface area contributed by atoms with Gasteiger partial charge < -0.3 is 19.8 Å². The minimum absolute atomic E-state index is 0.303. The van der Waals surface area contributed by atoms with E-state index in [1.54, 1.807) is 13.3 Å². The van der Waals surface area contributed by atoms with E-state index in [1.165, 1.54) is 19.3 Å². The summed E-state index contributed by atoms with van der Waals surface area (Å²) in [5.41, 5.74) is 0.855. The molecule has 6 nitrogen and oxygen atoms in total. The van der Waals surface area contributed by atoms with Crippen molar-refractivity contribution >= 4 is 5.96 Å². The van der Waals surface area contributed by atoms with Gasteiger partial charge in [-0.25, -0.2) is 0 Å². The Labute approximate surface area is 126 Å². The predicted molar refractivity (Wildman–Crippen MR) is 81.9 cm³/mol. The smallest absolute Gasteiger partial charge is 0.193 e. The van der Waals surface area contributed by atoms with Crippen LogP contribution in [-0.4, -0.2) is 47.9 Å². The molecule has 0 radical (unpaired) electrons. The van der Waals surface area contributed by atoms with E-state index in [4.69, 9.17) is 4.52 Å². The zero-order valence-corrected chi connectivity index (χ0v) is 13.0. The van der Waals surface area contributed by atoms with Crippen LogP contribution in [0, 0.1) is 5.92 Å². The van der Waals surface area contributed by atoms with E-state index in [0.29, 0.717) is 19.0 Å². The summed E-state index contributed by atoms with van der Waals surface area (Å²) in [6.07, 6.45) is 7.31. The van der Waals surface area contributed by atoms with Crippen LogP contribution in [-0.2, 0) is 6.54 Å². The zero-order chi connectivity index (χ0) is 15.1. The molecule has 1 atom stereocenters. The third kappa shape index (κ3) is 4.74. The maximum Gasteiger partial charge on any atom is 0.193 e. The first-order valence-electron chi connectivity index (χ1n) is 7.70. The second-order valence-electron chi connectivity index (χ2n) is 5.74. The lowest BCUT2D eigenvalue weighted by Gasteiger charge is -2.28. The number of aliphatic hydroxyl groups excluding tert-OH is 1.